The molecule has 1 unspecified atom stereocenters. The minimum Gasteiger partial charge on any atom is -0.389 e. The van der Waals surface area contributed by atoms with Gasteiger partial charge in [-0.3, -0.25) is 9.05 Å². The van der Waals surface area contributed by atoms with E-state index in [2.05, 4.69) is 16.9 Å². The van der Waals surface area contributed by atoms with Crippen LogP contribution in [0.1, 0.15) is 84.0 Å². The second-order valence-corrected chi connectivity index (χ2v) is 11.1. The average Bonchev–Trinajstić information content (AvgIpc) is 2.73. The zero-order valence-electron chi connectivity index (χ0n) is 21.3. The fourth-order valence-electron chi connectivity index (χ4n) is 3.19. The van der Waals surface area contributed by atoms with Crippen LogP contribution < -0.4 is 0 Å². The van der Waals surface area contributed by atoms with Crippen molar-refractivity contribution in [2.75, 3.05) is 40.9 Å². The summed E-state index contributed by atoms with van der Waals surface area (Å²) in [6.45, 7) is 2.40. The molecular weight excluding hydrogens is 443 g/mol. The van der Waals surface area contributed by atoms with Crippen LogP contribution in [0.25, 0.3) is 10.4 Å². The number of azide groups is 1. The van der Waals surface area contributed by atoms with Gasteiger partial charge in [0.15, 0.2) is 0 Å². The van der Waals surface area contributed by atoms with Crippen LogP contribution in [0.5, 0.6) is 0 Å². The molecule has 0 fully saturated rings. The normalized spacial score (nSPS) is 15.8. The van der Waals surface area contributed by atoms with Gasteiger partial charge in [0, 0.05) is 4.91 Å². The number of aliphatic hydroxyl groups excluding tert-OH is 1. The van der Waals surface area contributed by atoms with Gasteiger partial charge in [-0.15, -0.1) is 0 Å². The molecule has 9 nitrogen and oxygen atoms in total. The van der Waals surface area contributed by atoms with Crippen molar-refractivity contribution in [3.05, 3.63) is 22.6 Å². The van der Waals surface area contributed by atoms with E-state index in [1.807, 2.05) is 27.2 Å². The topological polar surface area (TPSA) is 125 Å². The van der Waals surface area contributed by atoms with Crippen molar-refractivity contribution in [3.8, 4) is 0 Å². The number of likely N-dealkylation sites (N-methyl/N-ethyl adjacent to an activating group) is 1. The first-order valence-corrected chi connectivity index (χ1v) is 13.9. The van der Waals surface area contributed by atoms with Crippen molar-refractivity contribution < 1.29 is 28.1 Å². The lowest BCUT2D eigenvalue weighted by Gasteiger charge is -2.24. The molecule has 2 N–H and O–H groups in total. The molecular formula is C23H48N4O5P+. The summed E-state index contributed by atoms with van der Waals surface area (Å²) in [7, 11) is 1.52. The van der Waals surface area contributed by atoms with Gasteiger partial charge in [0.05, 0.1) is 39.9 Å². The summed E-state index contributed by atoms with van der Waals surface area (Å²) < 4.78 is 22.4. The molecule has 0 rings (SSSR count). The molecule has 33 heavy (non-hydrogen) atoms. The van der Waals surface area contributed by atoms with E-state index in [1.54, 1.807) is 6.08 Å². The number of quaternary nitrogens is 1. The monoisotopic (exact) mass is 491 g/mol. The Bertz CT molecular complexity index is 606. The van der Waals surface area contributed by atoms with Crippen molar-refractivity contribution in [2.45, 2.75) is 96.1 Å². The number of nitrogens with zero attached hydrogens (tertiary/aromatic N) is 4. The van der Waals surface area contributed by atoms with Crippen molar-refractivity contribution >= 4 is 7.82 Å². The highest BCUT2D eigenvalue weighted by Crippen LogP contribution is 2.43. The Labute approximate surface area is 201 Å². The molecule has 0 heterocycles. The lowest BCUT2D eigenvalue weighted by molar-refractivity contribution is -0.870. The zero-order valence-corrected chi connectivity index (χ0v) is 22.2. The Morgan fingerprint density at radius 2 is 1.55 bits per heavy atom. The van der Waals surface area contributed by atoms with Gasteiger partial charge in [0.1, 0.15) is 13.2 Å². The van der Waals surface area contributed by atoms with E-state index in [1.165, 1.54) is 57.8 Å². The molecule has 0 saturated carbocycles. The summed E-state index contributed by atoms with van der Waals surface area (Å²) in [5.74, 6) is 0. The number of hydrogen-bond donors (Lipinski definition) is 2. The minimum absolute atomic E-state index is 0.0465. The number of allylic oxidation sites excluding steroid dienone is 1. The Morgan fingerprint density at radius 3 is 2.06 bits per heavy atom. The van der Waals surface area contributed by atoms with Gasteiger partial charge in [0.25, 0.3) is 0 Å². The highest BCUT2D eigenvalue weighted by molar-refractivity contribution is 7.47. The van der Waals surface area contributed by atoms with Crippen molar-refractivity contribution in [2.24, 2.45) is 5.11 Å². The number of unbranched alkanes of at least 4 members (excludes halogenated alkanes) is 11. The van der Waals surface area contributed by atoms with E-state index >= 15 is 0 Å². The van der Waals surface area contributed by atoms with Gasteiger partial charge >= 0.3 is 7.82 Å². The average molecular weight is 492 g/mol. The van der Waals surface area contributed by atoms with Crippen molar-refractivity contribution in [3.63, 3.8) is 0 Å². The number of hydrogen-bond acceptors (Lipinski definition) is 5. The number of phosphoric ester groups is 1. The molecule has 0 saturated heterocycles. The first kappa shape index (κ1) is 32.1. The minimum atomic E-state index is -4.28. The van der Waals surface area contributed by atoms with Crippen molar-refractivity contribution in [1.29, 1.82) is 0 Å². The van der Waals surface area contributed by atoms with Crippen LogP contribution >= 0.6 is 7.82 Å². The van der Waals surface area contributed by atoms with Crippen LogP contribution in [0.15, 0.2) is 17.3 Å². The second-order valence-electron chi connectivity index (χ2n) is 9.63. The van der Waals surface area contributed by atoms with Crippen LogP contribution in [0.3, 0.4) is 0 Å². The predicted octanol–water partition coefficient (Wildman–Crippen LogP) is 6.12. The summed E-state index contributed by atoms with van der Waals surface area (Å²) in [5, 5.41) is 13.7. The smallest absolute Gasteiger partial charge is 0.389 e. The molecule has 10 heteroatoms. The molecule has 0 spiro atoms. The predicted molar refractivity (Wildman–Crippen MR) is 134 cm³/mol. The fraction of sp³-hybridized carbons (Fsp3) is 0.913. The molecule has 0 aliphatic heterocycles. The lowest BCUT2D eigenvalue weighted by Crippen LogP contribution is -2.37. The highest BCUT2D eigenvalue weighted by Gasteiger charge is 2.26. The van der Waals surface area contributed by atoms with Crippen molar-refractivity contribution in [1.82, 2.24) is 0 Å². The lowest BCUT2D eigenvalue weighted by atomic mass is 10.0. The summed E-state index contributed by atoms with van der Waals surface area (Å²) in [6.07, 6.45) is 17.2. The second kappa shape index (κ2) is 19.4. The summed E-state index contributed by atoms with van der Waals surface area (Å²) >= 11 is 0. The highest BCUT2D eigenvalue weighted by atomic mass is 31.2. The number of phosphoric acid groups is 1. The molecule has 194 valence electrons. The number of rotatable bonds is 22. The third-order valence-electron chi connectivity index (χ3n) is 5.33. The molecule has 0 bridgehead atoms. The Hall–Kier alpha value is -0.920. The molecule has 0 aromatic heterocycles. The van der Waals surface area contributed by atoms with Gasteiger partial charge in [0.2, 0.25) is 0 Å². The Morgan fingerprint density at radius 1 is 1.00 bits per heavy atom. The summed E-state index contributed by atoms with van der Waals surface area (Å²) in [4.78, 5) is 12.5. The van der Waals surface area contributed by atoms with E-state index in [9.17, 15) is 14.6 Å². The standard InChI is InChI=1S/C23H47N4O5P/c1-5-6-7-8-9-10-11-12-13-14-15-16-17-18-23(28)22(25-26-24)21-32-33(29,30)31-20-19-27(2,3)4/h17-18,22-23,28H,5-16,19-21H2,1-4H3/p+1/b18-17+/t22-,23-/m1/s1. The van der Waals surface area contributed by atoms with Crippen LogP contribution in [-0.2, 0) is 13.6 Å². The van der Waals surface area contributed by atoms with Gasteiger partial charge in [-0.05, 0) is 18.4 Å². The maximum atomic E-state index is 12.0. The molecule has 0 aliphatic rings. The molecule has 3 atom stereocenters. The van der Waals surface area contributed by atoms with E-state index in [0.717, 1.165) is 19.3 Å². The molecule has 0 aromatic carbocycles. The maximum Gasteiger partial charge on any atom is 0.472 e. The van der Waals surface area contributed by atoms with Gasteiger partial charge in [-0.2, -0.15) is 0 Å². The first-order chi connectivity index (χ1) is 15.6. The van der Waals surface area contributed by atoms with Gasteiger partial charge < -0.3 is 14.5 Å². The van der Waals surface area contributed by atoms with E-state index in [-0.39, 0.29) is 6.61 Å². The van der Waals surface area contributed by atoms with Crippen LogP contribution in [0.4, 0.5) is 0 Å². The summed E-state index contributed by atoms with van der Waals surface area (Å²) in [6, 6.07) is -1.01. The molecule has 0 amide bonds. The zero-order chi connectivity index (χ0) is 25.0. The molecule has 0 aliphatic carbocycles. The largest absolute Gasteiger partial charge is 0.472 e. The van der Waals surface area contributed by atoms with Crippen LogP contribution in [0.2, 0.25) is 0 Å². The third-order valence-corrected chi connectivity index (χ3v) is 6.31. The van der Waals surface area contributed by atoms with Crippen LogP contribution in [-0.4, -0.2) is 67.5 Å². The third kappa shape index (κ3) is 21.4. The maximum absolute atomic E-state index is 12.0. The number of aliphatic hydroxyl groups is 1. The SMILES string of the molecule is CCCCCCCCCCCCC/C=C/[C@@H](O)[C@@H](COP(=O)(O)OCC[N+](C)(C)C)N=[N+]=[N-]. The van der Waals surface area contributed by atoms with Gasteiger partial charge in [-0.25, -0.2) is 4.57 Å². The Balaban J connectivity index is 4.06. The van der Waals surface area contributed by atoms with Crippen LogP contribution in [0, 0.1) is 0 Å². The van der Waals surface area contributed by atoms with Gasteiger partial charge in [-0.1, -0.05) is 88.4 Å². The molecule has 0 aromatic rings. The van der Waals surface area contributed by atoms with E-state index in [4.69, 9.17) is 14.6 Å². The van der Waals surface area contributed by atoms with E-state index in [0.29, 0.717) is 11.0 Å². The quantitative estimate of drug-likeness (QED) is 0.0359. The molecule has 0 radical (unpaired) electrons. The fourth-order valence-corrected chi connectivity index (χ4v) is 3.92. The Kier molecular flexibility index (Phi) is 18.9. The van der Waals surface area contributed by atoms with E-state index < -0.39 is 26.6 Å². The first-order valence-electron chi connectivity index (χ1n) is 12.4. The summed E-state index contributed by atoms with van der Waals surface area (Å²) in [5.41, 5.74) is 8.73.